The van der Waals surface area contributed by atoms with Crippen molar-refractivity contribution in [3.05, 3.63) is 12.5 Å². The summed E-state index contributed by atoms with van der Waals surface area (Å²) in [6.45, 7) is 0. The highest BCUT2D eigenvalue weighted by atomic mass is 32.2. The molecule has 1 rings (SSSR count). The monoisotopic (exact) mass is 149 g/mol. The minimum Gasteiger partial charge on any atom is -0.773 e. The highest BCUT2D eigenvalue weighted by molar-refractivity contribution is 7.78. The van der Waals surface area contributed by atoms with E-state index in [1.165, 1.54) is 12.5 Å². The smallest absolute Gasteiger partial charge is 0.144 e. The maximum Gasteiger partial charge on any atom is 0.144 e. The Kier molecular flexibility index (Phi) is 4.94. The van der Waals surface area contributed by atoms with E-state index in [1.807, 2.05) is 0 Å². The molecule has 0 aliphatic heterocycles. The standard InChI is InChI=1S/C2H2N2O.CH4O2S/c1-2-5-4-3-1;1-4(2)3/h1-2H;1H3,(H,2,3)/p-1. The molecule has 0 radical (unpaired) electrons. The Morgan fingerprint density at radius 3 is 2.44 bits per heavy atom. The minimum absolute atomic E-state index is 1.08. The molecule has 1 aromatic heterocycles. The van der Waals surface area contributed by atoms with Crippen LogP contribution < -0.4 is 0 Å². The summed E-state index contributed by atoms with van der Waals surface area (Å²) in [6, 6.07) is 0. The fraction of sp³-hybridized carbons (Fsp3) is 0.333. The van der Waals surface area contributed by atoms with Crippen LogP contribution in [0.3, 0.4) is 0 Å². The summed E-state index contributed by atoms with van der Waals surface area (Å²) < 4.78 is 22.2. The molecule has 6 heteroatoms. The van der Waals surface area contributed by atoms with Gasteiger partial charge in [-0.05, 0) is 6.26 Å². The van der Waals surface area contributed by atoms with Crippen LogP contribution in [-0.2, 0) is 11.1 Å². The normalized spacial score (nSPS) is 11.3. The summed E-state index contributed by atoms with van der Waals surface area (Å²) in [5.74, 6) is 0. The zero-order chi connectivity index (χ0) is 7.11. The lowest BCUT2D eigenvalue weighted by Gasteiger charge is -1.85. The SMILES string of the molecule is CS(=O)[O-].c1conn1. The van der Waals surface area contributed by atoms with E-state index >= 15 is 0 Å². The van der Waals surface area contributed by atoms with E-state index in [0.29, 0.717) is 0 Å². The van der Waals surface area contributed by atoms with Crippen LogP contribution in [0.1, 0.15) is 0 Å². The Balaban J connectivity index is 0.000000148. The predicted octanol–water partition coefficient (Wildman–Crippen LogP) is -0.435. The summed E-state index contributed by atoms with van der Waals surface area (Å²) in [4.78, 5) is 0. The Labute approximate surface area is 54.3 Å². The van der Waals surface area contributed by atoms with Crippen LogP contribution in [0.25, 0.3) is 0 Å². The van der Waals surface area contributed by atoms with Crippen LogP contribution in [-0.4, -0.2) is 25.4 Å². The first-order chi connectivity index (χ1) is 4.23. The number of hydrogen-bond acceptors (Lipinski definition) is 5. The number of hydrogen-bond donors (Lipinski definition) is 0. The average Bonchev–Trinajstić information content (AvgIpc) is 2.11. The molecular formula is C3H5N2O3S-. The molecule has 1 unspecified atom stereocenters. The van der Waals surface area contributed by atoms with Gasteiger partial charge in [-0.2, -0.15) is 0 Å². The molecular weight excluding hydrogens is 144 g/mol. The predicted molar refractivity (Wildman–Crippen MR) is 29.1 cm³/mol. The highest BCUT2D eigenvalue weighted by Crippen LogP contribution is 1.64. The quantitative estimate of drug-likeness (QED) is 0.467. The maximum atomic E-state index is 9.00. The summed E-state index contributed by atoms with van der Waals surface area (Å²) in [5.41, 5.74) is 0. The molecule has 5 nitrogen and oxygen atoms in total. The Bertz CT molecular complexity index is 131. The van der Waals surface area contributed by atoms with Gasteiger partial charge < -0.3 is 9.08 Å². The van der Waals surface area contributed by atoms with Gasteiger partial charge >= 0.3 is 0 Å². The van der Waals surface area contributed by atoms with Crippen molar-refractivity contribution in [2.24, 2.45) is 0 Å². The van der Waals surface area contributed by atoms with Gasteiger partial charge in [0.25, 0.3) is 0 Å². The van der Waals surface area contributed by atoms with Crippen LogP contribution in [0.5, 0.6) is 0 Å². The Morgan fingerprint density at radius 2 is 2.33 bits per heavy atom. The summed E-state index contributed by atoms with van der Waals surface area (Å²) in [7, 11) is 0. The summed E-state index contributed by atoms with van der Waals surface area (Å²) in [6.07, 6.45) is 3.96. The molecule has 0 bridgehead atoms. The summed E-state index contributed by atoms with van der Waals surface area (Å²) in [5, 5.41) is 6.40. The lowest BCUT2D eigenvalue weighted by molar-refractivity contribution is 0.393. The molecule has 9 heavy (non-hydrogen) atoms. The van der Waals surface area contributed by atoms with Gasteiger partial charge in [-0.15, -0.1) is 5.10 Å². The van der Waals surface area contributed by atoms with Crippen molar-refractivity contribution < 1.29 is 13.3 Å². The maximum absolute atomic E-state index is 9.00. The van der Waals surface area contributed by atoms with Gasteiger partial charge in [-0.3, -0.25) is 4.21 Å². The first-order valence-electron chi connectivity index (χ1n) is 1.95. The fourth-order valence-electron chi connectivity index (χ4n) is 0.136. The molecule has 0 aliphatic carbocycles. The topological polar surface area (TPSA) is 79.0 Å². The van der Waals surface area contributed by atoms with E-state index in [2.05, 4.69) is 14.9 Å². The van der Waals surface area contributed by atoms with Gasteiger partial charge in [0, 0.05) is 5.27 Å². The Hall–Kier alpha value is -0.750. The molecule has 0 aliphatic rings. The number of nitrogens with zero attached hydrogens (tertiary/aromatic N) is 2. The van der Waals surface area contributed by atoms with Crippen molar-refractivity contribution >= 4 is 11.1 Å². The van der Waals surface area contributed by atoms with Gasteiger partial charge in [0.1, 0.15) is 6.26 Å². The first-order valence-corrected chi connectivity index (χ1v) is 3.43. The van der Waals surface area contributed by atoms with Crippen LogP contribution in [0.2, 0.25) is 0 Å². The van der Waals surface area contributed by atoms with E-state index in [4.69, 9.17) is 8.76 Å². The lowest BCUT2D eigenvalue weighted by Crippen LogP contribution is -1.73. The Morgan fingerprint density at radius 1 is 1.78 bits per heavy atom. The third kappa shape index (κ3) is 11.1. The van der Waals surface area contributed by atoms with E-state index in [0.717, 1.165) is 6.26 Å². The minimum atomic E-state index is -1.86. The highest BCUT2D eigenvalue weighted by Gasteiger charge is 1.61. The van der Waals surface area contributed by atoms with Crippen LogP contribution >= 0.6 is 0 Å². The molecule has 0 fully saturated rings. The van der Waals surface area contributed by atoms with Gasteiger partial charge in [0.2, 0.25) is 0 Å². The molecule has 0 amide bonds. The van der Waals surface area contributed by atoms with Gasteiger partial charge in [-0.1, -0.05) is 11.1 Å². The zero-order valence-electron chi connectivity index (χ0n) is 4.68. The molecule has 1 aromatic rings. The number of rotatable bonds is 0. The third-order valence-corrected chi connectivity index (χ3v) is 0.283. The largest absolute Gasteiger partial charge is 0.773 e. The summed E-state index contributed by atoms with van der Waals surface area (Å²) >= 11 is -1.86. The van der Waals surface area contributed by atoms with Crippen LogP contribution in [0.4, 0.5) is 0 Å². The molecule has 0 saturated heterocycles. The van der Waals surface area contributed by atoms with Crippen molar-refractivity contribution in [2.75, 3.05) is 6.26 Å². The second-order valence-electron chi connectivity index (χ2n) is 0.989. The molecule has 1 heterocycles. The molecule has 0 saturated carbocycles. The zero-order valence-corrected chi connectivity index (χ0v) is 5.50. The second-order valence-corrected chi connectivity index (χ2v) is 1.79. The third-order valence-electron chi connectivity index (χ3n) is 0.283. The fourth-order valence-corrected chi connectivity index (χ4v) is 0.136. The second kappa shape index (κ2) is 5.39. The van der Waals surface area contributed by atoms with E-state index in [-0.39, 0.29) is 0 Å². The molecule has 0 aromatic carbocycles. The van der Waals surface area contributed by atoms with Gasteiger partial charge in [0.15, 0.2) is 0 Å². The molecule has 0 N–H and O–H groups in total. The van der Waals surface area contributed by atoms with Crippen molar-refractivity contribution in [1.29, 1.82) is 0 Å². The van der Waals surface area contributed by atoms with Crippen LogP contribution in [0, 0.1) is 0 Å². The van der Waals surface area contributed by atoms with E-state index in [1.54, 1.807) is 0 Å². The van der Waals surface area contributed by atoms with Crippen molar-refractivity contribution in [3.8, 4) is 0 Å². The lowest BCUT2D eigenvalue weighted by atomic mass is 11.0. The van der Waals surface area contributed by atoms with Crippen molar-refractivity contribution in [1.82, 2.24) is 10.4 Å². The molecule has 1 atom stereocenters. The van der Waals surface area contributed by atoms with Crippen molar-refractivity contribution in [2.45, 2.75) is 0 Å². The average molecular weight is 149 g/mol. The molecule has 52 valence electrons. The van der Waals surface area contributed by atoms with Crippen molar-refractivity contribution in [3.63, 3.8) is 0 Å². The van der Waals surface area contributed by atoms with E-state index < -0.39 is 11.1 Å². The number of aromatic nitrogens is 2. The molecule has 0 spiro atoms. The van der Waals surface area contributed by atoms with E-state index in [9.17, 15) is 0 Å². The first kappa shape index (κ1) is 8.25. The van der Waals surface area contributed by atoms with Crippen LogP contribution in [0.15, 0.2) is 17.0 Å². The van der Waals surface area contributed by atoms with Gasteiger partial charge in [-0.25, -0.2) is 0 Å². The van der Waals surface area contributed by atoms with Gasteiger partial charge in [0.05, 0.1) is 6.20 Å².